The van der Waals surface area contributed by atoms with Gasteiger partial charge in [0.25, 0.3) is 5.91 Å². The Bertz CT molecular complexity index is 518. The normalized spacial score (nSPS) is 10.5. The second kappa shape index (κ2) is 6.04. The Balaban J connectivity index is 1.88. The van der Waals surface area contributed by atoms with Crippen LogP contribution in [-0.4, -0.2) is 17.0 Å². The average Bonchev–Trinajstić information content (AvgIpc) is 2.91. The number of hydrogen-bond acceptors (Lipinski definition) is 4. The van der Waals surface area contributed by atoms with E-state index in [1.54, 1.807) is 18.3 Å². The van der Waals surface area contributed by atoms with Crippen LogP contribution >= 0.6 is 0 Å². The standard InChI is InChI=1S/C14H16N2O3/c1-10(2)19-13-4-3-11(7-15-13)8-16-14(17)12-5-6-18-9-12/h3-7,9-10H,8H2,1-2H3,(H,16,17). The van der Waals surface area contributed by atoms with Crippen LogP contribution < -0.4 is 10.1 Å². The fraction of sp³-hybridized carbons (Fsp3) is 0.286. The first-order valence-corrected chi connectivity index (χ1v) is 6.07. The van der Waals surface area contributed by atoms with E-state index < -0.39 is 0 Å². The highest BCUT2D eigenvalue weighted by atomic mass is 16.5. The van der Waals surface area contributed by atoms with E-state index in [1.165, 1.54) is 12.5 Å². The molecule has 0 spiro atoms. The summed E-state index contributed by atoms with van der Waals surface area (Å²) in [6.45, 7) is 4.31. The van der Waals surface area contributed by atoms with Crippen molar-refractivity contribution in [3.05, 3.63) is 48.0 Å². The van der Waals surface area contributed by atoms with Gasteiger partial charge in [-0.25, -0.2) is 4.98 Å². The van der Waals surface area contributed by atoms with Gasteiger partial charge < -0.3 is 14.5 Å². The number of ether oxygens (including phenoxy) is 1. The average molecular weight is 260 g/mol. The van der Waals surface area contributed by atoms with Crippen molar-refractivity contribution in [2.24, 2.45) is 0 Å². The molecule has 0 aromatic carbocycles. The first-order chi connectivity index (χ1) is 9.15. The van der Waals surface area contributed by atoms with E-state index in [2.05, 4.69) is 10.3 Å². The van der Waals surface area contributed by atoms with Crippen LogP contribution in [-0.2, 0) is 6.54 Å². The molecule has 1 amide bonds. The maximum atomic E-state index is 11.7. The van der Waals surface area contributed by atoms with Gasteiger partial charge in [-0.15, -0.1) is 0 Å². The molecule has 2 aromatic heterocycles. The molecule has 0 radical (unpaired) electrons. The third-order valence-electron chi connectivity index (χ3n) is 2.39. The Hall–Kier alpha value is -2.30. The van der Waals surface area contributed by atoms with Gasteiger partial charge in [0.1, 0.15) is 6.26 Å². The predicted octanol–water partition coefficient (Wildman–Crippen LogP) is 2.39. The molecule has 0 fully saturated rings. The molecule has 0 saturated heterocycles. The summed E-state index contributed by atoms with van der Waals surface area (Å²) >= 11 is 0. The largest absolute Gasteiger partial charge is 0.475 e. The summed E-state index contributed by atoms with van der Waals surface area (Å²) in [4.78, 5) is 15.8. The van der Waals surface area contributed by atoms with Crippen molar-refractivity contribution in [2.75, 3.05) is 0 Å². The van der Waals surface area contributed by atoms with Gasteiger partial charge in [-0.2, -0.15) is 0 Å². The molecule has 5 heteroatoms. The van der Waals surface area contributed by atoms with Gasteiger partial charge in [0.05, 0.1) is 17.9 Å². The van der Waals surface area contributed by atoms with E-state index in [9.17, 15) is 4.79 Å². The maximum absolute atomic E-state index is 11.7. The summed E-state index contributed by atoms with van der Waals surface area (Å²) in [6.07, 6.45) is 4.66. The highest BCUT2D eigenvalue weighted by Crippen LogP contribution is 2.09. The van der Waals surface area contributed by atoms with Crippen LogP contribution in [0.5, 0.6) is 5.88 Å². The number of carbonyl (C=O) groups is 1. The number of carbonyl (C=O) groups excluding carboxylic acids is 1. The topological polar surface area (TPSA) is 64.4 Å². The van der Waals surface area contributed by atoms with Crippen molar-refractivity contribution in [3.63, 3.8) is 0 Å². The van der Waals surface area contributed by atoms with Crippen LogP contribution in [0.4, 0.5) is 0 Å². The molecule has 5 nitrogen and oxygen atoms in total. The van der Waals surface area contributed by atoms with Crippen molar-refractivity contribution < 1.29 is 13.9 Å². The zero-order chi connectivity index (χ0) is 13.7. The number of amides is 1. The van der Waals surface area contributed by atoms with E-state index >= 15 is 0 Å². The molecule has 0 aliphatic heterocycles. The minimum absolute atomic E-state index is 0.0964. The lowest BCUT2D eigenvalue weighted by molar-refractivity contribution is 0.0950. The number of hydrogen-bond donors (Lipinski definition) is 1. The molecule has 0 atom stereocenters. The first kappa shape index (κ1) is 13.1. The molecule has 1 N–H and O–H groups in total. The van der Waals surface area contributed by atoms with Gasteiger partial charge in [0, 0.05) is 18.8 Å². The van der Waals surface area contributed by atoms with Crippen LogP contribution in [0.25, 0.3) is 0 Å². The van der Waals surface area contributed by atoms with E-state index in [0.29, 0.717) is 18.0 Å². The van der Waals surface area contributed by atoms with E-state index in [1.807, 2.05) is 19.9 Å². The summed E-state index contributed by atoms with van der Waals surface area (Å²) in [5.41, 5.74) is 1.42. The summed E-state index contributed by atoms with van der Waals surface area (Å²) in [7, 11) is 0. The van der Waals surface area contributed by atoms with Crippen LogP contribution in [0, 0.1) is 0 Å². The molecule has 2 heterocycles. The molecule has 19 heavy (non-hydrogen) atoms. The van der Waals surface area contributed by atoms with Gasteiger partial charge in [0.15, 0.2) is 0 Å². The number of nitrogens with one attached hydrogen (secondary N) is 1. The Morgan fingerprint density at radius 1 is 1.42 bits per heavy atom. The summed E-state index contributed by atoms with van der Waals surface area (Å²) < 4.78 is 10.3. The number of nitrogens with zero attached hydrogens (tertiary/aromatic N) is 1. The minimum Gasteiger partial charge on any atom is -0.475 e. The van der Waals surface area contributed by atoms with Gasteiger partial charge in [-0.1, -0.05) is 6.07 Å². The monoisotopic (exact) mass is 260 g/mol. The highest BCUT2D eigenvalue weighted by Gasteiger charge is 2.06. The fourth-order valence-corrected chi connectivity index (χ4v) is 1.50. The molecule has 100 valence electrons. The minimum atomic E-state index is -0.170. The maximum Gasteiger partial charge on any atom is 0.254 e. The number of rotatable bonds is 5. The van der Waals surface area contributed by atoms with Gasteiger partial charge in [-0.3, -0.25) is 4.79 Å². The lowest BCUT2D eigenvalue weighted by atomic mass is 10.2. The third-order valence-corrected chi connectivity index (χ3v) is 2.39. The predicted molar refractivity (Wildman–Crippen MR) is 69.9 cm³/mol. The van der Waals surface area contributed by atoms with E-state index in [-0.39, 0.29) is 12.0 Å². The molecule has 2 aromatic rings. The van der Waals surface area contributed by atoms with Gasteiger partial charge in [0.2, 0.25) is 5.88 Å². The molecule has 0 unspecified atom stereocenters. The second-order valence-corrected chi connectivity index (χ2v) is 4.37. The Morgan fingerprint density at radius 3 is 2.84 bits per heavy atom. The van der Waals surface area contributed by atoms with Crippen molar-refractivity contribution in [1.82, 2.24) is 10.3 Å². The van der Waals surface area contributed by atoms with Crippen molar-refractivity contribution in [3.8, 4) is 5.88 Å². The van der Waals surface area contributed by atoms with Crippen molar-refractivity contribution in [2.45, 2.75) is 26.5 Å². The van der Waals surface area contributed by atoms with Crippen LogP contribution in [0.2, 0.25) is 0 Å². The summed E-state index contributed by atoms with van der Waals surface area (Å²) in [5.74, 6) is 0.413. The quantitative estimate of drug-likeness (QED) is 0.896. The van der Waals surface area contributed by atoms with Crippen molar-refractivity contribution in [1.29, 1.82) is 0 Å². The lowest BCUT2D eigenvalue weighted by Gasteiger charge is -2.09. The number of pyridine rings is 1. The molecule has 0 bridgehead atoms. The van der Waals surface area contributed by atoms with Crippen LogP contribution in [0.3, 0.4) is 0 Å². The molecular formula is C14H16N2O3. The molecule has 0 aliphatic carbocycles. The lowest BCUT2D eigenvalue weighted by Crippen LogP contribution is -2.22. The van der Waals surface area contributed by atoms with Crippen LogP contribution in [0.1, 0.15) is 29.8 Å². The highest BCUT2D eigenvalue weighted by molar-refractivity contribution is 5.93. The molecule has 2 rings (SSSR count). The summed E-state index contributed by atoms with van der Waals surface area (Å²) in [5, 5.41) is 2.78. The SMILES string of the molecule is CC(C)Oc1ccc(CNC(=O)c2ccoc2)cn1. The Morgan fingerprint density at radius 2 is 2.26 bits per heavy atom. The van der Waals surface area contributed by atoms with Crippen molar-refractivity contribution >= 4 is 5.91 Å². The smallest absolute Gasteiger partial charge is 0.254 e. The number of aromatic nitrogens is 1. The first-order valence-electron chi connectivity index (χ1n) is 6.07. The van der Waals surface area contributed by atoms with E-state index in [4.69, 9.17) is 9.15 Å². The second-order valence-electron chi connectivity index (χ2n) is 4.37. The summed E-state index contributed by atoms with van der Waals surface area (Å²) in [6, 6.07) is 5.28. The molecule has 0 saturated carbocycles. The number of furan rings is 1. The van der Waals surface area contributed by atoms with Gasteiger partial charge in [-0.05, 0) is 25.5 Å². The zero-order valence-electron chi connectivity index (χ0n) is 10.9. The Labute approximate surface area is 111 Å². The molecular weight excluding hydrogens is 244 g/mol. The van der Waals surface area contributed by atoms with Crippen LogP contribution in [0.15, 0.2) is 41.3 Å². The fourth-order valence-electron chi connectivity index (χ4n) is 1.50. The molecule has 0 aliphatic rings. The third kappa shape index (κ3) is 3.84. The Kier molecular flexibility index (Phi) is 4.18. The van der Waals surface area contributed by atoms with E-state index in [0.717, 1.165) is 5.56 Å². The zero-order valence-corrected chi connectivity index (χ0v) is 10.9. The van der Waals surface area contributed by atoms with Gasteiger partial charge >= 0.3 is 0 Å².